The molecule has 0 unspecified atom stereocenters. The highest BCUT2D eigenvalue weighted by Crippen LogP contribution is 2.20. The van der Waals surface area contributed by atoms with Gasteiger partial charge in [0, 0.05) is 10.7 Å². The molecule has 0 heterocycles. The van der Waals surface area contributed by atoms with Gasteiger partial charge in [-0.3, -0.25) is 5.21 Å². The van der Waals surface area contributed by atoms with E-state index in [-0.39, 0.29) is 0 Å². The van der Waals surface area contributed by atoms with Crippen LogP contribution in [0.2, 0.25) is 5.02 Å². The van der Waals surface area contributed by atoms with E-state index in [0.29, 0.717) is 17.0 Å². The lowest BCUT2D eigenvalue weighted by atomic mass is 9.96. The lowest BCUT2D eigenvalue weighted by Crippen LogP contribution is -2.30. The Morgan fingerprint density at radius 3 is 2.44 bits per heavy atom. The number of benzene rings is 1. The predicted molar refractivity (Wildman–Crippen MR) is 74.3 cm³/mol. The Morgan fingerprint density at radius 2 is 1.83 bits per heavy atom. The second kappa shape index (κ2) is 6.61. The number of hydroxylamine groups is 1. The van der Waals surface area contributed by atoms with Crippen LogP contribution in [0.1, 0.15) is 32.1 Å². The molecule has 1 aromatic rings. The molecule has 0 amide bonds. The van der Waals surface area contributed by atoms with Gasteiger partial charge in [-0.1, -0.05) is 30.9 Å². The maximum atomic E-state index is 9.10. The normalized spacial score (nSPS) is 17.6. The third-order valence-electron chi connectivity index (χ3n) is 3.10. The fourth-order valence-electron chi connectivity index (χ4n) is 2.15. The molecule has 0 aliphatic heterocycles. The number of nitrogens with zero attached hydrogens (tertiary/aromatic N) is 1. The van der Waals surface area contributed by atoms with Crippen molar-refractivity contribution in [2.45, 2.75) is 38.1 Å². The van der Waals surface area contributed by atoms with Crippen LogP contribution in [0.4, 0.5) is 5.69 Å². The van der Waals surface area contributed by atoms with Crippen molar-refractivity contribution >= 4 is 23.2 Å². The van der Waals surface area contributed by atoms with Crippen LogP contribution in [0.3, 0.4) is 0 Å². The van der Waals surface area contributed by atoms with Crippen LogP contribution in [0.15, 0.2) is 29.3 Å². The smallest absolute Gasteiger partial charge is 0.220 e. The lowest BCUT2D eigenvalue weighted by molar-refractivity contribution is 0.233. The van der Waals surface area contributed by atoms with E-state index < -0.39 is 0 Å². The molecule has 3 N–H and O–H groups in total. The Kier molecular flexibility index (Phi) is 4.84. The van der Waals surface area contributed by atoms with Crippen LogP contribution in [-0.4, -0.2) is 17.2 Å². The minimum atomic E-state index is 0.299. The molecule has 1 aliphatic rings. The monoisotopic (exact) mass is 267 g/mol. The Bertz CT molecular complexity index is 399. The van der Waals surface area contributed by atoms with Gasteiger partial charge in [-0.2, -0.15) is 0 Å². The first-order valence-electron chi connectivity index (χ1n) is 6.28. The molecule has 0 atom stereocenters. The molecule has 0 bridgehead atoms. The highest BCUT2D eigenvalue weighted by atomic mass is 35.5. The summed E-state index contributed by atoms with van der Waals surface area (Å²) < 4.78 is 0. The molecule has 98 valence electrons. The molecule has 5 heteroatoms. The number of guanidine groups is 1. The van der Waals surface area contributed by atoms with Crippen molar-refractivity contribution in [3.8, 4) is 0 Å². The average molecular weight is 268 g/mol. The van der Waals surface area contributed by atoms with E-state index in [1.54, 1.807) is 12.1 Å². The number of halogens is 1. The van der Waals surface area contributed by atoms with E-state index >= 15 is 0 Å². The molecule has 1 saturated carbocycles. The van der Waals surface area contributed by atoms with Crippen LogP contribution in [0, 0.1) is 0 Å². The van der Waals surface area contributed by atoms with E-state index in [1.807, 2.05) is 12.1 Å². The minimum Gasteiger partial charge on any atom is -0.325 e. The van der Waals surface area contributed by atoms with Crippen molar-refractivity contribution in [2.75, 3.05) is 5.32 Å². The largest absolute Gasteiger partial charge is 0.325 e. The highest BCUT2D eigenvalue weighted by Gasteiger charge is 2.13. The third-order valence-corrected chi connectivity index (χ3v) is 3.35. The zero-order chi connectivity index (χ0) is 12.8. The molecule has 1 fully saturated rings. The first-order chi connectivity index (χ1) is 8.78. The van der Waals surface area contributed by atoms with Crippen LogP contribution >= 0.6 is 11.6 Å². The Labute approximate surface area is 112 Å². The van der Waals surface area contributed by atoms with Gasteiger partial charge in [0.1, 0.15) is 0 Å². The van der Waals surface area contributed by atoms with Gasteiger partial charge >= 0.3 is 0 Å². The molecule has 0 saturated heterocycles. The fraction of sp³-hybridized carbons (Fsp3) is 0.462. The standard InChI is InChI=1S/C13H18ClN3O/c14-10-6-8-12(9-7-10)16-13(17-18)15-11-4-2-1-3-5-11/h6-9,11,18H,1-5H2,(H2,15,16,17). The SMILES string of the molecule is ONC(=NC1CCCCC1)Nc1ccc(Cl)cc1. The Hall–Kier alpha value is -1.26. The molecule has 0 aromatic heterocycles. The van der Waals surface area contributed by atoms with Crippen LogP contribution in [-0.2, 0) is 0 Å². The number of rotatable bonds is 2. The van der Waals surface area contributed by atoms with Crippen molar-refractivity contribution < 1.29 is 5.21 Å². The van der Waals surface area contributed by atoms with Crippen molar-refractivity contribution in [1.82, 2.24) is 5.48 Å². The van der Waals surface area contributed by atoms with Crippen molar-refractivity contribution in [2.24, 2.45) is 4.99 Å². The average Bonchev–Trinajstić information content (AvgIpc) is 2.41. The zero-order valence-electron chi connectivity index (χ0n) is 10.2. The number of aliphatic imine (C=N–C) groups is 1. The van der Waals surface area contributed by atoms with Gasteiger partial charge in [-0.05, 0) is 37.1 Å². The number of anilines is 1. The summed E-state index contributed by atoms with van der Waals surface area (Å²) in [6.07, 6.45) is 5.90. The van der Waals surface area contributed by atoms with Gasteiger partial charge < -0.3 is 5.32 Å². The van der Waals surface area contributed by atoms with E-state index in [1.165, 1.54) is 19.3 Å². The zero-order valence-corrected chi connectivity index (χ0v) is 11.0. The summed E-state index contributed by atoms with van der Waals surface area (Å²) in [6, 6.07) is 7.57. The first-order valence-corrected chi connectivity index (χ1v) is 6.66. The molecule has 18 heavy (non-hydrogen) atoms. The van der Waals surface area contributed by atoms with E-state index in [4.69, 9.17) is 16.8 Å². The second-order valence-corrected chi connectivity index (χ2v) is 4.95. The van der Waals surface area contributed by atoms with Crippen molar-refractivity contribution in [3.05, 3.63) is 29.3 Å². The van der Waals surface area contributed by atoms with Crippen molar-refractivity contribution in [3.63, 3.8) is 0 Å². The Morgan fingerprint density at radius 1 is 1.17 bits per heavy atom. The van der Waals surface area contributed by atoms with Gasteiger partial charge in [0.25, 0.3) is 0 Å². The van der Waals surface area contributed by atoms with Gasteiger partial charge in [0.05, 0.1) is 6.04 Å². The van der Waals surface area contributed by atoms with E-state index in [2.05, 4.69) is 15.8 Å². The maximum absolute atomic E-state index is 9.10. The topological polar surface area (TPSA) is 56.6 Å². The van der Waals surface area contributed by atoms with Gasteiger partial charge in [-0.25, -0.2) is 10.5 Å². The highest BCUT2D eigenvalue weighted by molar-refractivity contribution is 6.30. The summed E-state index contributed by atoms with van der Waals surface area (Å²) in [7, 11) is 0. The molecule has 4 nitrogen and oxygen atoms in total. The molecular weight excluding hydrogens is 250 g/mol. The van der Waals surface area contributed by atoms with Gasteiger partial charge in [0.15, 0.2) is 0 Å². The summed E-state index contributed by atoms with van der Waals surface area (Å²) in [5.41, 5.74) is 2.96. The van der Waals surface area contributed by atoms with Gasteiger partial charge in [0.2, 0.25) is 5.96 Å². The minimum absolute atomic E-state index is 0.299. The molecule has 2 rings (SSSR count). The molecule has 1 aliphatic carbocycles. The Balaban J connectivity index is 1.99. The third kappa shape index (κ3) is 3.89. The number of hydrogen-bond donors (Lipinski definition) is 3. The van der Waals surface area contributed by atoms with E-state index in [9.17, 15) is 0 Å². The summed E-state index contributed by atoms with van der Waals surface area (Å²) in [5.74, 6) is 0.393. The summed E-state index contributed by atoms with van der Waals surface area (Å²) >= 11 is 5.81. The van der Waals surface area contributed by atoms with Crippen LogP contribution in [0.25, 0.3) is 0 Å². The van der Waals surface area contributed by atoms with Crippen molar-refractivity contribution in [1.29, 1.82) is 0 Å². The predicted octanol–water partition coefficient (Wildman–Crippen LogP) is 3.42. The number of hydrogen-bond acceptors (Lipinski definition) is 2. The summed E-state index contributed by atoms with van der Waals surface area (Å²) in [4.78, 5) is 4.48. The maximum Gasteiger partial charge on any atom is 0.220 e. The second-order valence-electron chi connectivity index (χ2n) is 4.51. The fourth-order valence-corrected chi connectivity index (χ4v) is 2.28. The quantitative estimate of drug-likeness (QED) is 0.437. The molecule has 1 aromatic carbocycles. The lowest BCUT2D eigenvalue weighted by Gasteiger charge is -2.19. The first kappa shape index (κ1) is 13.2. The molecular formula is C13H18ClN3O. The van der Waals surface area contributed by atoms with Crippen LogP contribution in [0.5, 0.6) is 0 Å². The summed E-state index contributed by atoms with van der Waals surface area (Å²) in [6.45, 7) is 0. The summed E-state index contributed by atoms with van der Waals surface area (Å²) in [5, 5.41) is 12.8. The number of nitrogens with one attached hydrogen (secondary N) is 2. The van der Waals surface area contributed by atoms with E-state index in [0.717, 1.165) is 18.5 Å². The molecule has 0 radical (unpaired) electrons. The molecule has 0 spiro atoms. The van der Waals surface area contributed by atoms with Crippen LogP contribution < -0.4 is 10.8 Å². The van der Waals surface area contributed by atoms with Gasteiger partial charge in [-0.15, -0.1) is 0 Å².